The van der Waals surface area contributed by atoms with Gasteiger partial charge in [-0.25, -0.2) is 0 Å². The Kier molecular flexibility index (Phi) is 6.16. The number of unbranched alkanes of at least 4 members (excludes halogenated alkanes) is 1. The normalized spacial score (nSPS) is 11.6. The average Bonchev–Trinajstić information content (AvgIpc) is 2.38. The minimum absolute atomic E-state index is 0.0648. The molecule has 0 radical (unpaired) electrons. The van der Waals surface area contributed by atoms with Gasteiger partial charge in [-0.1, -0.05) is 32.0 Å². The first-order valence-corrected chi connectivity index (χ1v) is 6.66. The smallest absolute Gasteiger partial charge is 0.122 e. The van der Waals surface area contributed by atoms with E-state index in [4.69, 9.17) is 10.5 Å². The van der Waals surface area contributed by atoms with Crippen LogP contribution in [0.15, 0.2) is 24.3 Å². The molecule has 0 heterocycles. The van der Waals surface area contributed by atoms with Gasteiger partial charge in [0.25, 0.3) is 0 Å². The lowest BCUT2D eigenvalue weighted by Gasteiger charge is -2.27. The minimum Gasteiger partial charge on any atom is -0.496 e. The third kappa shape index (κ3) is 4.31. The molecule has 0 aliphatic carbocycles. The number of rotatable bonds is 8. The summed E-state index contributed by atoms with van der Waals surface area (Å²) < 4.78 is 5.43. The van der Waals surface area contributed by atoms with Gasteiger partial charge in [-0.2, -0.15) is 0 Å². The summed E-state index contributed by atoms with van der Waals surface area (Å²) in [7, 11) is 1.73. The van der Waals surface area contributed by atoms with Crippen molar-refractivity contribution in [1.82, 2.24) is 5.32 Å². The van der Waals surface area contributed by atoms with Crippen molar-refractivity contribution in [1.29, 1.82) is 0 Å². The van der Waals surface area contributed by atoms with Crippen LogP contribution in [0.1, 0.15) is 32.3 Å². The maximum absolute atomic E-state index is 5.48. The lowest BCUT2D eigenvalue weighted by Crippen LogP contribution is -2.34. The topological polar surface area (TPSA) is 47.3 Å². The summed E-state index contributed by atoms with van der Waals surface area (Å²) in [5.74, 6) is 0.964. The highest BCUT2D eigenvalue weighted by atomic mass is 16.5. The Morgan fingerprint density at radius 3 is 2.61 bits per heavy atom. The molecule has 1 aromatic rings. The van der Waals surface area contributed by atoms with Crippen LogP contribution in [-0.2, 0) is 5.41 Å². The summed E-state index contributed by atoms with van der Waals surface area (Å²) in [6.45, 7) is 7.22. The lowest BCUT2D eigenvalue weighted by atomic mass is 9.84. The van der Waals surface area contributed by atoms with Crippen LogP contribution in [0.5, 0.6) is 5.75 Å². The average molecular weight is 250 g/mol. The minimum atomic E-state index is 0.0648. The summed E-state index contributed by atoms with van der Waals surface area (Å²) in [4.78, 5) is 0. The van der Waals surface area contributed by atoms with Gasteiger partial charge in [0.05, 0.1) is 7.11 Å². The van der Waals surface area contributed by atoms with Crippen LogP contribution < -0.4 is 15.8 Å². The molecule has 102 valence electrons. The van der Waals surface area contributed by atoms with Crippen molar-refractivity contribution in [2.45, 2.75) is 32.1 Å². The Morgan fingerprint density at radius 1 is 1.22 bits per heavy atom. The number of ether oxygens (including phenoxy) is 1. The molecule has 3 nitrogen and oxygen atoms in total. The summed E-state index contributed by atoms with van der Waals surface area (Å²) in [6.07, 6.45) is 2.22. The van der Waals surface area contributed by atoms with Crippen molar-refractivity contribution < 1.29 is 4.74 Å². The molecule has 0 saturated carbocycles. The van der Waals surface area contributed by atoms with E-state index in [0.29, 0.717) is 0 Å². The third-order valence-corrected chi connectivity index (χ3v) is 3.21. The van der Waals surface area contributed by atoms with E-state index in [1.807, 2.05) is 12.1 Å². The number of methoxy groups -OCH3 is 1. The van der Waals surface area contributed by atoms with Crippen LogP contribution >= 0.6 is 0 Å². The molecule has 0 bridgehead atoms. The highest BCUT2D eigenvalue weighted by molar-refractivity contribution is 5.39. The number of benzene rings is 1. The van der Waals surface area contributed by atoms with Gasteiger partial charge in [0.1, 0.15) is 5.75 Å². The number of para-hydroxylation sites is 1. The summed E-state index contributed by atoms with van der Waals surface area (Å²) in [5.41, 5.74) is 6.79. The van der Waals surface area contributed by atoms with Gasteiger partial charge in [0.2, 0.25) is 0 Å². The van der Waals surface area contributed by atoms with Gasteiger partial charge in [-0.05, 0) is 32.0 Å². The number of nitrogens with two attached hydrogens (primary N) is 1. The zero-order valence-electron chi connectivity index (χ0n) is 11.8. The third-order valence-electron chi connectivity index (χ3n) is 3.21. The summed E-state index contributed by atoms with van der Waals surface area (Å²) in [6, 6.07) is 8.23. The predicted octanol–water partition coefficient (Wildman–Crippen LogP) is 2.30. The van der Waals surface area contributed by atoms with Crippen molar-refractivity contribution in [3.63, 3.8) is 0 Å². The molecule has 0 saturated heterocycles. The van der Waals surface area contributed by atoms with E-state index >= 15 is 0 Å². The largest absolute Gasteiger partial charge is 0.496 e. The first kappa shape index (κ1) is 15.0. The second kappa shape index (κ2) is 7.39. The molecule has 3 heteroatoms. The fourth-order valence-corrected chi connectivity index (χ4v) is 2.09. The Hall–Kier alpha value is -1.06. The number of hydrogen-bond acceptors (Lipinski definition) is 3. The van der Waals surface area contributed by atoms with Crippen LogP contribution in [0, 0.1) is 0 Å². The number of nitrogens with one attached hydrogen (secondary N) is 1. The Bertz CT molecular complexity index is 350. The number of hydrogen-bond donors (Lipinski definition) is 2. The molecule has 0 spiro atoms. The van der Waals surface area contributed by atoms with Crippen LogP contribution in [0.3, 0.4) is 0 Å². The molecule has 3 N–H and O–H groups in total. The molecule has 0 atom stereocenters. The summed E-state index contributed by atoms with van der Waals surface area (Å²) >= 11 is 0. The van der Waals surface area contributed by atoms with Crippen LogP contribution in [0.4, 0.5) is 0 Å². The molecule has 0 fully saturated rings. The van der Waals surface area contributed by atoms with Gasteiger partial charge in [-0.3, -0.25) is 0 Å². The fourth-order valence-electron chi connectivity index (χ4n) is 2.09. The lowest BCUT2D eigenvalue weighted by molar-refractivity contribution is 0.385. The second-order valence-corrected chi connectivity index (χ2v) is 5.26. The predicted molar refractivity (Wildman–Crippen MR) is 77.2 cm³/mol. The van der Waals surface area contributed by atoms with Gasteiger partial charge >= 0.3 is 0 Å². The zero-order valence-corrected chi connectivity index (χ0v) is 11.8. The first-order valence-electron chi connectivity index (χ1n) is 6.66. The zero-order chi connectivity index (χ0) is 13.4. The standard InChI is InChI=1S/C15H26N2O/c1-15(2,12-17-11-7-6-10-16)13-8-4-5-9-14(13)18-3/h4-5,8-9,17H,6-7,10-12,16H2,1-3H3. The molecule has 0 amide bonds. The van der Waals surface area contributed by atoms with Crippen molar-refractivity contribution in [3.8, 4) is 5.75 Å². The van der Waals surface area contributed by atoms with Gasteiger partial charge in [0.15, 0.2) is 0 Å². The Balaban J connectivity index is 2.56. The van der Waals surface area contributed by atoms with Crippen molar-refractivity contribution >= 4 is 0 Å². The van der Waals surface area contributed by atoms with E-state index in [0.717, 1.165) is 38.2 Å². The molecule has 1 rings (SSSR count). The highest BCUT2D eigenvalue weighted by Crippen LogP contribution is 2.30. The van der Waals surface area contributed by atoms with Gasteiger partial charge in [-0.15, -0.1) is 0 Å². The molecule has 1 aromatic carbocycles. The van der Waals surface area contributed by atoms with Gasteiger partial charge in [0, 0.05) is 17.5 Å². The van der Waals surface area contributed by atoms with Gasteiger partial charge < -0.3 is 15.8 Å². The second-order valence-electron chi connectivity index (χ2n) is 5.26. The fraction of sp³-hybridized carbons (Fsp3) is 0.600. The van der Waals surface area contributed by atoms with Crippen LogP contribution in [0.2, 0.25) is 0 Å². The Labute approximate surface area is 111 Å². The molecule has 0 aromatic heterocycles. The first-order chi connectivity index (χ1) is 8.61. The van der Waals surface area contributed by atoms with E-state index in [9.17, 15) is 0 Å². The molecule has 0 unspecified atom stereocenters. The Morgan fingerprint density at radius 2 is 1.94 bits per heavy atom. The van der Waals surface area contributed by atoms with Crippen molar-refractivity contribution in [3.05, 3.63) is 29.8 Å². The quantitative estimate of drug-likeness (QED) is 0.696. The molecular formula is C15H26N2O. The van der Waals surface area contributed by atoms with Crippen LogP contribution in [-0.4, -0.2) is 26.7 Å². The van der Waals surface area contributed by atoms with Crippen molar-refractivity contribution in [2.24, 2.45) is 5.73 Å². The van der Waals surface area contributed by atoms with E-state index in [1.54, 1.807) is 7.11 Å². The maximum Gasteiger partial charge on any atom is 0.122 e. The molecule has 0 aliphatic rings. The summed E-state index contributed by atoms with van der Waals surface area (Å²) in [5, 5.41) is 3.50. The van der Waals surface area contributed by atoms with E-state index in [2.05, 4.69) is 31.3 Å². The molecular weight excluding hydrogens is 224 g/mol. The highest BCUT2D eigenvalue weighted by Gasteiger charge is 2.23. The van der Waals surface area contributed by atoms with Crippen LogP contribution in [0.25, 0.3) is 0 Å². The maximum atomic E-state index is 5.48. The van der Waals surface area contributed by atoms with E-state index in [1.165, 1.54) is 5.56 Å². The van der Waals surface area contributed by atoms with E-state index < -0.39 is 0 Å². The van der Waals surface area contributed by atoms with Crippen molar-refractivity contribution in [2.75, 3.05) is 26.7 Å². The molecule has 0 aliphatic heterocycles. The van der Waals surface area contributed by atoms with E-state index in [-0.39, 0.29) is 5.41 Å². The SMILES string of the molecule is COc1ccccc1C(C)(C)CNCCCCN. The monoisotopic (exact) mass is 250 g/mol. The molecule has 18 heavy (non-hydrogen) atoms.